The Labute approximate surface area is 121 Å². The Bertz CT molecular complexity index is 405. The predicted molar refractivity (Wildman–Crippen MR) is 77.8 cm³/mol. The quantitative estimate of drug-likeness (QED) is 0.484. The second kappa shape index (κ2) is 6.90. The van der Waals surface area contributed by atoms with E-state index in [9.17, 15) is 9.59 Å². The van der Waals surface area contributed by atoms with Gasteiger partial charge in [0.05, 0.1) is 12.5 Å². The number of carbonyl (C=O) groups is 2. The normalized spacial score (nSPS) is 26.4. The van der Waals surface area contributed by atoms with E-state index < -0.39 is 0 Å². The minimum Gasteiger partial charge on any atom is -0.302 e. The van der Waals surface area contributed by atoms with E-state index in [1.54, 1.807) is 0 Å². The lowest BCUT2D eigenvalue weighted by molar-refractivity contribution is -0.141. The molecule has 0 bridgehead atoms. The van der Waals surface area contributed by atoms with Gasteiger partial charge >= 0.3 is 0 Å². The van der Waals surface area contributed by atoms with E-state index >= 15 is 0 Å². The van der Waals surface area contributed by atoms with E-state index in [2.05, 4.69) is 11.2 Å². The van der Waals surface area contributed by atoms with Gasteiger partial charge in [0.15, 0.2) is 0 Å². The zero-order chi connectivity index (χ0) is 14.5. The fraction of sp³-hybridized carbons (Fsp3) is 0.750. The van der Waals surface area contributed by atoms with Crippen LogP contribution in [-0.4, -0.2) is 34.8 Å². The minimum atomic E-state index is -0.380. The third-order valence-corrected chi connectivity index (χ3v) is 4.28. The average Bonchev–Trinajstić information content (AvgIpc) is 2.61. The summed E-state index contributed by atoms with van der Waals surface area (Å²) in [6.07, 6.45) is 12.7. The van der Waals surface area contributed by atoms with E-state index in [1.807, 2.05) is 6.92 Å². The van der Waals surface area contributed by atoms with Gasteiger partial charge in [-0.2, -0.15) is 0 Å². The van der Waals surface area contributed by atoms with Crippen LogP contribution in [0.15, 0.2) is 0 Å². The Balaban J connectivity index is 1.99. The Morgan fingerprint density at radius 3 is 2.55 bits per heavy atom. The molecule has 0 aromatic carbocycles. The SMILES string of the molecule is C#CCC(C)NC1CC(=O)N(C2CCCCCC2)C1=O. The third kappa shape index (κ3) is 3.40. The molecule has 1 heterocycles. The summed E-state index contributed by atoms with van der Waals surface area (Å²) in [5, 5.41) is 3.19. The number of likely N-dealkylation sites (tertiary alicyclic amines) is 1. The zero-order valence-corrected chi connectivity index (χ0v) is 12.2. The molecule has 4 heteroatoms. The summed E-state index contributed by atoms with van der Waals surface area (Å²) < 4.78 is 0. The number of terminal acetylenes is 1. The molecule has 1 saturated carbocycles. The molecule has 2 unspecified atom stereocenters. The number of nitrogens with one attached hydrogen (secondary N) is 1. The van der Waals surface area contributed by atoms with Gasteiger partial charge in [-0.1, -0.05) is 25.7 Å². The molecule has 1 saturated heterocycles. The monoisotopic (exact) mass is 276 g/mol. The van der Waals surface area contributed by atoms with E-state index in [1.165, 1.54) is 17.7 Å². The molecule has 1 aliphatic heterocycles. The van der Waals surface area contributed by atoms with Gasteiger partial charge in [-0.25, -0.2) is 0 Å². The van der Waals surface area contributed by atoms with Gasteiger partial charge in [-0.05, 0) is 19.8 Å². The van der Waals surface area contributed by atoms with Crippen LogP contribution in [0.1, 0.15) is 58.3 Å². The Hall–Kier alpha value is -1.34. The van der Waals surface area contributed by atoms with E-state index in [-0.39, 0.29) is 36.4 Å². The largest absolute Gasteiger partial charge is 0.302 e. The lowest BCUT2D eigenvalue weighted by Crippen LogP contribution is -2.45. The van der Waals surface area contributed by atoms with E-state index in [0.29, 0.717) is 6.42 Å². The van der Waals surface area contributed by atoms with Crippen LogP contribution >= 0.6 is 0 Å². The molecular formula is C16H24N2O2. The van der Waals surface area contributed by atoms with Crippen LogP contribution in [0.2, 0.25) is 0 Å². The fourth-order valence-electron chi connectivity index (χ4n) is 3.26. The summed E-state index contributed by atoms with van der Waals surface area (Å²) >= 11 is 0. The van der Waals surface area contributed by atoms with Gasteiger partial charge in [0, 0.05) is 18.5 Å². The van der Waals surface area contributed by atoms with Gasteiger partial charge < -0.3 is 5.32 Å². The van der Waals surface area contributed by atoms with Crippen molar-refractivity contribution in [2.24, 2.45) is 0 Å². The highest BCUT2D eigenvalue weighted by Crippen LogP contribution is 2.26. The van der Waals surface area contributed by atoms with Crippen LogP contribution in [0.25, 0.3) is 0 Å². The highest BCUT2D eigenvalue weighted by Gasteiger charge is 2.42. The number of amides is 2. The molecule has 1 N–H and O–H groups in total. The average molecular weight is 276 g/mol. The van der Waals surface area contributed by atoms with Gasteiger partial charge in [-0.15, -0.1) is 12.3 Å². The lowest BCUT2D eigenvalue weighted by atomic mass is 10.1. The van der Waals surface area contributed by atoms with Crippen molar-refractivity contribution in [3.8, 4) is 12.3 Å². The van der Waals surface area contributed by atoms with E-state index in [0.717, 1.165) is 25.7 Å². The number of imide groups is 1. The standard InChI is InChI=1S/C16H24N2O2/c1-3-8-12(2)17-14-11-15(19)18(16(14)20)13-9-6-4-5-7-10-13/h1,12-14,17H,4-11H2,2H3. The molecule has 2 atom stereocenters. The molecule has 2 aliphatic rings. The van der Waals surface area contributed by atoms with Crippen molar-refractivity contribution in [3.05, 3.63) is 0 Å². The zero-order valence-electron chi connectivity index (χ0n) is 12.2. The fourth-order valence-corrected chi connectivity index (χ4v) is 3.26. The van der Waals surface area contributed by atoms with Gasteiger partial charge in [0.2, 0.25) is 11.8 Å². The Morgan fingerprint density at radius 1 is 1.30 bits per heavy atom. The summed E-state index contributed by atoms with van der Waals surface area (Å²) in [4.78, 5) is 26.2. The van der Waals surface area contributed by atoms with Gasteiger partial charge in [-0.3, -0.25) is 14.5 Å². The summed E-state index contributed by atoms with van der Waals surface area (Å²) in [7, 11) is 0. The molecule has 20 heavy (non-hydrogen) atoms. The first-order chi connectivity index (χ1) is 9.63. The molecule has 0 radical (unpaired) electrons. The highest BCUT2D eigenvalue weighted by molar-refractivity contribution is 6.05. The number of carbonyl (C=O) groups excluding carboxylic acids is 2. The second-order valence-corrected chi connectivity index (χ2v) is 5.98. The minimum absolute atomic E-state index is 0.0210. The molecule has 2 rings (SSSR count). The Morgan fingerprint density at radius 2 is 1.95 bits per heavy atom. The summed E-state index contributed by atoms with van der Waals surface area (Å²) in [5.74, 6) is 2.51. The van der Waals surface area contributed by atoms with Crippen molar-refractivity contribution in [1.82, 2.24) is 10.2 Å². The first-order valence-corrected chi connectivity index (χ1v) is 7.69. The number of hydrogen-bond acceptors (Lipinski definition) is 3. The smallest absolute Gasteiger partial charge is 0.247 e. The van der Waals surface area contributed by atoms with Crippen LogP contribution in [0.5, 0.6) is 0 Å². The third-order valence-electron chi connectivity index (χ3n) is 4.28. The van der Waals surface area contributed by atoms with Crippen LogP contribution in [0, 0.1) is 12.3 Å². The van der Waals surface area contributed by atoms with Crippen molar-refractivity contribution >= 4 is 11.8 Å². The highest BCUT2D eigenvalue weighted by atomic mass is 16.2. The van der Waals surface area contributed by atoms with Crippen molar-refractivity contribution in [1.29, 1.82) is 0 Å². The summed E-state index contributed by atoms with van der Waals surface area (Å²) in [6.45, 7) is 1.95. The van der Waals surface area contributed by atoms with Crippen LogP contribution in [0.4, 0.5) is 0 Å². The molecule has 1 aliphatic carbocycles. The number of nitrogens with zero attached hydrogens (tertiary/aromatic N) is 1. The molecule has 0 spiro atoms. The second-order valence-electron chi connectivity index (χ2n) is 5.98. The molecule has 2 amide bonds. The van der Waals surface area contributed by atoms with Crippen LogP contribution in [0.3, 0.4) is 0 Å². The molecular weight excluding hydrogens is 252 g/mol. The van der Waals surface area contributed by atoms with Crippen molar-refractivity contribution in [3.63, 3.8) is 0 Å². The summed E-state index contributed by atoms with van der Waals surface area (Å²) in [5.41, 5.74) is 0. The first kappa shape index (κ1) is 15.1. The lowest BCUT2D eigenvalue weighted by Gasteiger charge is -2.25. The molecule has 0 aromatic heterocycles. The van der Waals surface area contributed by atoms with Crippen molar-refractivity contribution in [2.75, 3.05) is 0 Å². The van der Waals surface area contributed by atoms with E-state index in [4.69, 9.17) is 6.42 Å². The van der Waals surface area contributed by atoms with Crippen molar-refractivity contribution in [2.45, 2.75) is 76.4 Å². The summed E-state index contributed by atoms with van der Waals surface area (Å²) in [6, 6.07) is -0.197. The number of hydrogen-bond donors (Lipinski definition) is 1. The maximum absolute atomic E-state index is 12.5. The first-order valence-electron chi connectivity index (χ1n) is 7.69. The topological polar surface area (TPSA) is 49.4 Å². The molecule has 4 nitrogen and oxygen atoms in total. The molecule has 0 aromatic rings. The number of rotatable bonds is 4. The van der Waals surface area contributed by atoms with Crippen molar-refractivity contribution < 1.29 is 9.59 Å². The van der Waals surface area contributed by atoms with Crippen LogP contribution in [-0.2, 0) is 9.59 Å². The molecule has 110 valence electrons. The predicted octanol–water partition coefficient (Wildman–Crippen LogP) is 1.84. The Kier molecular flexibility index (Phi) is 5.19. The van der Waals surface area contributed by atoms with Gasteiger partial charge in [0.25, 0.3) is 0 Å². The maximum atomic E-state index is 12.5. The van der Waals surface area contributed by atoms with Crippen LogP contribution < -0.4 is 5.32 Å². The van der Waals surface area contributed by atoms with Gasteiger partial charge in [0.1, 0.15) is 0 Å². The molecule has 2 fully saturated rings. The maximum Gasteiger partial charge on any atom is 0.247 e.